The fourth-order valence-corrected chi connectivity index (χ4v) is 2.38. The molecule has 1 aliphatic heterocycles. The molecule has 0 aliphatic carbocycles. The van der Waals surface area contributed by atoms with Gasteiger partial charge >= 0.3 is 5.97 Å². The zero-order valence-corrected chi connectivity index (χ0v) is 11.2. The molecule has 0 bridgehead atoms. The van der Waals surface area contributed by atoms with Crippen molar-refractivity contribution in [1.29, 1.82) is 0 Å². The SMILES string of the molecule is O=C(O)COCC(=O)Nc1ccc2c(c1)NC(=O)CS2. The van der Waals surface area contributed by atoms with Gasteiger partial charge in [-0.3, -0.25) is 9.59 Å². The van der Waals surface area contributed by atoms with E-state index in [9.17, 15) is 14.4 Å². The molecule has 20 heavy (non-hydrogen) atoms. The van der Waals surface area contributed by atoms with Crippen LogP contribution in [0.3, 0.4) is 0 Å². The van der Waals surface area contributed by atoms with Gasteiger partial charge in [-0.1, -0.05) is 0 Å². The first-order valence-corrected chi connectivity index (χ1v) is 6.69. The average molecular weight is 296 g/mol. The first-order chi connectivity index (χ1) is 9.54. The summed E-state index contributed by atoms with van der Waals surface area (Å²) in [6, 6.07) is 5.15. The molecule has 0 saturated carbocycles. The second kappa shape index (κ2) is 6.40. The number of hydrogen-bond donors (Lipinski definition) is 3. The third kappa shape index (κ3) is 3.97. The van der Waals surface area contributed by atoms with Gasteiger partial charge in [-0.25, -0.2) is 4.79 Å². The molecule has 0 radical (unpaired) electrons. The summed E-state index contributed by atoms with van der Waals surface area (Å²) in [5, 5.41) is 13.6. The molecule has 0 aromatic heterocycles. The maximum absolute atomic E-state index is 11.5. The van der Waals surface area contributed by atoms with Crippen LogP contribution in [0.2, 0.25) is 0 Å². The van der Waals surface area contributed by atoms with Crippen LogP contribution in [-0.2, 0) is 19.1 Å². The summed E-state index contributed by atoms with van der Waals surface area (Å²) in [7, 11) is 0. The fraction of sp³-hybridized carbons (Fsp3) is 0.250. The summed E-state index contributed by atoms with van der Waals surface area (Å²) in [4.78, 5) is 33.9. The standard InChI is InChI=1S/C12H12N2O5S/c15-10(4-19-5-12(17)18)13-7-1-2-9-8(3-7)14-11(16)6-20-9/h1-3H,4-6H2,(H,13,15)(H,14,16)(H,17,18). The molecule has 2 rings (SSSR count). The first-order valence-electron chi connectivity index (χ1n) is 5.70. The van der Waals surface area contributed by atoms with Gasteiger partial charge in [0.1, 0.15) is 13.2 Å². The number of hydrogen-bond acceptors (Lipinski definition) is 5. The van der Waals surface area contributed by atoms with Gasteiger partial charge in [0, 0.05) is 10.6 Å². The maximum Gasteiger partial charge on any atom is 0.329 e. The summed E-state index contributed by atoms with van der Waals surface area (Å²) >= 11 is 1.43. The smallest absolute Gasteiger partial charge is 0.329 e. The molecule has 106 valence electrons. The number of thioether (sulfide) groups is 1. The van der Waals surface area contributed by atoms with Gasteiger partial charge in [0.25, 0.3) is 0 Å². The van der Waals surface area contributed by atoms with Crippen LogP contribution in [-0.4, -0.2) is 41.9 Å². The van der Waals surface area contributed by atoms with Crippen molar-refractivity contribution in [2.75, 3.05) is 29.6 Å². The number of rotatable bonds is 5. The minimum absolute atomic E-state index is 0.0873. The number of anilines is 2. The second-order valence-electron chi connectivity index (χ2n) is 3.98. The molecule has 0 atom stereocenters. The molecule has 1 aromatic rings. The Bertz CT molecular complexity index is 561. The third-order valence-electron chi connectivity index (χ3n) is 2.35. The summed E-state index contributed by atoms with van der Waals surface area (Å²) in [6.07, 6.45) is 0. The molecule has 2 amide bonds. The van der Waals surface area contributed by atoms with Crippen LogP contribution in [0, 0.1) is 0 Å². The fourth-order valence-electron chi connectivity index (χ4n) is 1.59. The zero-order chi connectivity index (χ0) is 14.5. The molecule has 0 unspecified atom stereocenters. The van der Waals surface area contributed by atoms with E-state index in [2.05, 4.69) is 15.4 Å². The highest BCUT2D eigenvalue weighted by molar-refractivity contribution is 8.00. The van der Waals surface area contributed by atoms with Crippen LogP contribution in [0.15, 0.2) is 23.1 Å². The molecule has 1 heterocycles. The van der Waals surface area contributed by atoms with Crippen LogP contribution in [0.5, 0.6) is 0 Å². The number of aliphatic carboxylic acids is 1. The molecule has 0 fully saturated rings. The largest absolute Gasteiger partial charge is 0.480 e. The Kier molecular flexibility index (Phi) is 4.59. The highest BCUT2D eigenvalue weighted by atomic mass is 32.2. The van der Waals surface area contributed by atoms with Gasteiger partial charge < -0.3 is 20.5 Å². The maximum atomic E-state index is 11.5. The molecule has 8 heteroatoms. The molecule has 7 nitrogen and oxygen atoms in total. The molecule has 3 N–H and O–H groups in total. The lowest BCUT2D eigenvalue weighted by molar-refractivity contribution is -0.143. The lowest BCUT2D eigenvalue weighted by atomic mass is 10.2. The Hall–Kier alpha value is -2.06. The molecular weight excluding hydrogens is 284 g/mol. The average Bonchev–Trinajstić information content (AvgIpc) is 2.37. The van der Waals surface area contributed by atoms with Crippen molar-refractivity contribution in [2.45, 2.75) is 4.90 Å². The predicted molar refractivity (Wildman–Crippen MR) is 72.9 cm³/mol. The number of fused-ring (bicyclic) bond motifs is 1. The van der Waals surface area contributed by atoms with Crippen molar-refractivity contribution in [1.82, 2.24) is 0 Å². The van der Waals surface area contributed by atoms with Crippen molar-refractivity contribution >= 4 is 40.9 Å². The number of ether oxygens (including phenoxy) is 1. The summed E-state index contributed by atoms with van der Waals surface area (Å²) in [5.74, 6) is -1.30. The highest BCUT2D eigenvalue weighted by Gasteiger charge is 2.15. The predicted octanol–water partition coefficient (Wildman–Crippen LogP) is 0.770. The van der Waals surface area contributed by atoms with E-state index in [4.69, 9.17) is 5.11 Å². The number of benzene rings is 1. The summed E-state index contributed by atoms with van der Waals surface area (Å²) in [6.45, 7) is -0.866. The molecular formula is C12H12N2O5S. The van der Waals surface area contributed by atoms with Crippen LogP contribution < -0.4 is 10.6 Å². The lowest BCUT2D eigenvalue weighted by Crippen LogP contribution is -2.21. The van der Waals surface area contributed by atoms with E-state index in [-0.39, 0.29) is 12.5 Å². The van der Waals surface area contributed by atoms with E-state index in [1.54, 1.807) is 18.2 Å². The van der Waals surface area contributed by atoms with E-state index in [1.807, 2.05) is 0 Å². The van der Waals surface area contributed by atoms with Crippen LogP contribution in [0.4, 0.5) is 11.4 Å². The van der Waals surface area contributed by atoms with Gasteiger partial charge in [0.05, 0.1) is 11.4 Å². The second-order valence-corrected chi connectivity index (χ2v) is 5.00. The van der Waals surface area contributed by atoms with E-state index in [0.717, 1.165) is 4.90 Å². The summed E-state index contributed by atoms with van der Waals surface area (Å²) in [5.41, 5.74) is 1.16. The van der Waals surface area contributed by atoms with Gasteiger partial charge in [-0.05, 0) is 18.2 Å². The van der Waals surface area contributed by atoms with Crippen molar-refractivity contribution in [3.8, 4) is 0 Å². The van der Waals surface area contributed by atoms with Crippen molar-refractivity contribution in [3.63, 3.8) is 0 Å². The van der Waals surface area contributed by atoms with Crippen LogP contribution in [0.25, 0.3) is 0 Å². The van der Waals surface area contributed by atoms with Crippen LogP contribution in [0.1, 0.15) is 0 Å². The minimum Gasteiger partial charge on any atom is -0.480 e. The topological polar surface area (TPSA) is 105 Å². The molecule has 1 aliphatic rings. The highest BCUT2D eigenvalue weighted by Crippen LogP contribution is 2.33. The van der Waals surface area contributed by atoms with E-state index in [0.29, 0.717) is 17.1 Å². The minimum atomic E-state index is -1.13. The number of carbonyl (C=O) groups is 3. The lowest BCUT2D eigenvalue weighted by Gasteiger charge is -2.17. The Morgan fingerprint density at radius 1 is 1.40 bits per heavy atom. The number of amides is 2. The van der Waals surface area contributed by atoms with E-state index in [1.165, 1.54) is 11.8 Å². The Morgan fingerprint density at radius 3 is 2.95 bits per heavy atom. The van der Waals surface area contributed by atoms with Gasteiger partial charge in [0.15, 0.2) is 0 Å². The number of carboxylic acid groups (broad SMARTS) is 1. The normalized spacial score (nSPS) is 13.3. The van der Waals surface area contributed by atoms with Gasteiger partial charge in [-0.2, -0.15) is 0 Å². The first kappa shape index (κ1) is 14.4. The van der Waals surface area contributed by atoms with Crippen molar-refractivity contribution < 1.29 is 24.2 Å². The monoisotopic (exact) mass is 296 g/mol. The molecule has 1 aromatic carbocycles. The van der Waals surface area contributed by atoms with Crippen molar-refractivity contribution in [3.05, 3.63) is 18.2 Å². The van der Waals surface area contributed by atoms with Crippen molar-refractivity contribution in [2.24, 2.45) is 0 Å². The zero-order valence-electron chi connectivity index (χ0n) is 10.3. The van der Waals surface area contributed by atoms with E-state index < -0.39 is 18.5 Å². The molecule has 0 saturated heterocycles. The quantitative estimate of drug-likeness (QED) is 0.741. The number of carboxylic acids is 1. The Labute approximate surface area is 118 Å². The van der Waals surface area contributed by atoms with Crippen LogP contribution >= 0.6 is 11.8 Å². The number of nitrogens with one attached hydrogen (secondary N) is 2. The molecule has 0 spiro atoms. The third-order valence-corrected chi connectivity index (χ3v) is 3.43. The number of carbonyl (C=O) groups excluding carboxylic acids is 2. The Balaban J connectivity index is 1.93. The van der Waals surface area contributed by atoms with Gasteiger partial charge in [0.2, 0.25) is 11.8 Å². The summed E-state index contributed by atoms with van der Waals surface area (Å²) < 4.78 is 4.67. The Morgan fingerprint density at radius 2 is 2.20 bits per heavy atom. The van der Waals surface area contributed by atoms with E-state index >= 15 is 0 Å². The van der Waals surface area contributed by atoms with Gasteiger partial charge in [-0.15, -0.1) is 11.8 Å².